The predicted octanol–water partition coefficient (Wildman–Crippen LogP) is 0.951. The summed E-state index contributed by atoms with van der Waals surface area (Å²) in [5.74, 6) is 1.72. The summed E-state index contributed by atoms with van der Waals surface area (Å²) >= 11 is 0. The largest absolute Gasteiger partial charge is 0.310 e. The second-order valence-corrected chi connectivity index (χ2v) is 3.44. The van der Waals surface area contributed by atoms with E-state index in [0.717, 1.165) is 24.8 Å². The fourth-order valence-corrected chi connectivity index (χ4v) is 1.05. The van der Waals surface area contributed by atoms with E-state index in [1.54, 1.807) is 11.0 Å². The van der Waals surface area contributed by atoms with E-state index in [9.17, 15) is 0 Å². The third-order valence-electron chi connectivity index (χ3n) is 2.28. The number of aryl methyl sites for hydroxylation is 1. The van der Waals surface area contributed by atoms with E-state index >= 15 is 0 Å². The summed E-state index contributed by atoms with van der Waals surface area (Å²) in [4.78, 5) is 4.13. The molecule has 0 saturated carbocycles. The Morgan fingerprint density at radius 2 is 2.38 bits per heavy atom. The fourth-order valence-electron chi connectivity index (χ4n) is 1.05. The molecule has 13 heavy (non-hydrogen) atoms. The standard InChI is InChI=1S/C9H18N4/c1-4-8(2)5-10-6-9-11-7-12-13(9)3/h7-8,10H,4-6H2,1-3H3. The Morgan fingerprint density at radius 1 is 1.62 bits per heavy atom. The molecule has 4 nitrogen and oxygen atoms in total. The monoisotopic (exact) mass is 182 g/mol. The smallest absolute Gasteiger partial charge is 0.140 e. The Bertz CT molecular complexity index is 244. The molecule has 0 aliphatic rings. The molecule has 0 amide bonds. The molecular formula is C9H18N4. The summed E-state index contributed by atoms with van der Waals surface area (Å²) < 4.78 is 1.80. The van der Waals surface area contributed by atoms with Crippen LogP contribution in [0.15, 0.2) is 6.33 Å². The second kappa shape index (κ2) is 4.97. The molecule has 0 bridgehead atoms. The van der Waals surface area contributed by atoms with Crippen molar-refractivity contribution in [3.63, 3.8) is 0 Å². The molecule has 1 heterocycles. The lowest BCUT2D eigenvalue weighted by atomic mass is 10.1. The van der Waals surface area contributed by atoms with Crippen LogP contribution in [0.25, 0.3) is 0 Å². The van der Waals surface area contributed by atoms with Crippen LogP contribution in [0.2, 0.25) is 0 Å². The average Bonchev–Trinajstić information content (AvgIpc) is 2.52. The molecule has 4 heteroatoms. The number of rotatable bonds is 5. The molecule has 0 aromatic carbocycles. The van der Waals surface area contributed by atoms with Crippen molar-refractivity contribution in [2.75, 3.05) is 6.54 Å². The number of hydrogen-bond acceptors (Lipinski definition) is 3. The highest BCUT2D eigenvalue weighted by Crippen LogP contribution is 1.98. The number of hydrogen-bond donors (Lipinski definition) is 1. The van der Waals surface area contributed by atoms with Crippen molar-refractivity contribution < 1.29 is 0 Å². The van der Waals surface area contributed by atoms with Gasteiger partial charge in [-0.3, -0.25) is 4.68 Å². The zero-order valence-corrected chi connectivity index (χ0v) is 8.62. The molecule has 0 aliphatic heterocycles. The SMILES string of the molecule is CCC(C)CNCc1ncnn1C. The van der Waals surface area contributed by atoms with Crippen LogP contribution in [0.4, 0.5) is 0 Å². The minimum Gasteiger partial charge on any atom is -0.310 e. The van der Waals surface area contributed by atoms with Crippen LogP contribution in [-0.2, 0) is 13.6 Å². The first-order valence-electron chi connectivity index (χ1n) is 4.77. The number of nitrogens with zero attached hydrogens (tertiary/aromatic N) is 3. The normalized spacial score (nSPS) is 13.2. The van der Waals surface area contributed by atoms with Crippen molar-refractivity contribution in [2.24, 2.45) is 13.0 Å². The van der Waals surface area contributed by atoms with Gasteiger partial charge >= 0.3 is 0 Å². The zero-order chi connectivity index (χ0) is 9.68. The summed E-state index contributed by atoms with van der Waals surface area (Å²) in [5, 5.41) is 7.36. The van der Waals surface area contributed by atoms with Crippen LogP contribution in [0.1, 0.15) is 26.1 Å². The maximum Gasteiger partial charge on any atom is 0.140 e. The van der Waals surface area contributed by atoms with Gasteiger partial charge in [-0.2, -0.15) is 5.10 Å². The lowest BCUT2D eigenvalue weighted by molar-refractivity contribution is 0.488. The van der Waals surface area contributed by atoms with Gasteiger partial charge < -0.3 is 5.32 Å². The van der Waals surface area contributed by atoms with Gasteiger partial charge in [0, 0.05) is 7.05 Å². The molecule has 1 N–H and O–H groups in total. The minimum absolute atomic E-state index is 0.730. The first-order chi connectivity index (χ1) is 6.24. The Hall–Kier alpha value is -0.900. The van der Waals surface area contributed by atoms with E-state index in [1.807, 2.05) is 7.05 Å². The first-order valence-corrected chi connectivity index (χ1v) is 4.77. The van der Waals surface area contributed by atoms with Gasteiger partial charge in [0.05, 0.1) is 6.54 Å². The van der Waals surface area contributed by atoms with Crippen molar-refractivity contribution in [1.29, 1.82) is 0 Å². The maximum absolute atomic E-state index is 4.13. The first kappa shape index (κ1) is 10.2. The van der Waals surface area contributed by atoms with Crippen LogP contribution in [0, 0.1) is 5.92 Å². The highest BCUT2D eigenvalue weighted by molar-refractivity contribution is 4.82. The van der Waals surface area contributed by atoms with Crippen molar-refractivity contribution >= 4 is 0 Å². The van der Waals surface area contributed by atoms with Crippen LogP contribution in [0.5, 0.6) is 0 Å². The van der Waals surface area contributed by atoms with Gasteiger partial charge in [0.1, 0.15) is 12.2 Å². The van der Waals surface area contributed by atoms with Crippen LogP contribution < -0.4 is 5.32 Å². The van der Waals surface area contributed by atoms with Crippen LogP contribution in [0.3, 0.4) is 0 Å². The molecule has 1 unspecified atom stereocenters. The van der Waals surface area contributed by atoms with Gasteiger partial charge in [-0.1, -0.05) is 20.3 Å². The molecule has 0 radical (unpaired) electrons. The quantitative estimate of drug-likeness (QED) is 0.737. The van der Waals surface area contributed by atoms with Gasteiger partial charge in [0.25, 0.3) is 0 Å². The molecule has 1 atom stereocenters. The van der Waals surface area contributed by atoms with Gasteiger partial charge in [-0.05, 0) is 12.5 Å². The fraction of sp³-hybridized carbons (Fsp3) is 0.778. The molecule has 74 valence electrons. The number of nitrogens with one attached hydrogen (secondary N) is 1. The topological polar surface area (TPSA) is 42.7 Å². The summed E-state index contributed by atoms with van der Waals surface area (Å²) in [6, 6.07) is 0. The van der Waals surface area contributed by atoms with Crippen LogP contribution in [-0.4, -0.2) is 21.3 Å². The predicted molar refractivity (Wildman–Crippen MR) is 52.2 cm³/mol. The van der Waals surface area contributed by atoms with Gasteiger partial charge in [-0.25, -0.2) is 4.98 Å². The van der Waals surface area contributed by atoms with Crippen molar-refractivity contribution in [3.8, 4) is 0 Å². The average molecular weight is 182 g/mol. The van der Waals surface area contributed by atoms with Crippen molar-refractivity contribution in [2.45, 2.75) is 26.8 Å². The molecule has 1 rings (SSSR count). The zero-order valence-electron chi connectivity index (χ0n) is 8.62. The van der Waals surface area contributed by atoms with E-state index in [2.05, 4.69) is 29.2 Å². The molecule has 0 fully saturated rings. The van der Waals surface area contributed by atoms with Crippen molar-refractivity contribution in [1.82, 2.24) is 20.1 Å². The van der Waals surface area contributed by atoms with Crippen molar-refractivity contribution in [3.05, 3.63) is 12.2 Å². The second-order valence-electron chi connectivity index (χ2n) is 3.44. The Labute approximate surface area is 79.4 Å². The summed E-state index contributed by atoms with van der Waals surface area (Å²) in [7, 11) is 1.91. The highest BCUT2D eigenvalue weighted by Gasteiger charge is 2.01. The van der Waals surface area contributed by atoms with Crippen LogP contribution >= 0.6 is 0 Å². The number of aromatic nitrogens is 3. The summed E-state index contributed by atoms with van der Waals surface area (Å²) in [6.45, 7) is 6.29. The molecular weight excluding hydrogens is 164 g/mol. The third kappa shape index (κ3) is 3.14. The van der Waals surface area contributed by atoms with E-state index < -0.39 is 0 Å². The van der Waals surface area contributed by atoms with Gasteiger partial charge in [-0.15, -0.1) is 0 Å². The van der Waals surface area contributed by atoms with Gasteiger partial charge in [0.2, 0.25) is 0 Å². The molecule has 0 aliphatic carbocycles. The lowest BCUT2D eigenvalue weighted by Gasteiger charge is -2.08. The van der Waals surface area contributed by atoms with E-state index in [-0.39, 0.29) is 0 Å². The molecule has 1 aromatic rings. The lowest BCUT2D eigenvalue weighted by Crippen LogP contribution is -2.22. The maximum atomic E-state index is 4.13. The van der Waals surface area contributed by atoms with Gasteiger partial charge in [0.15, 0.2) is 0 Å². The molecule has 0 spiro atoms. The Kier molecular flexibility index (Phi) is 3.89. The summed E-state index contributed by atoms with van der Waals surface area (Å²) in [6.07, 6.45) is 2.80. The Balaban J connectivity index is 2.24. The van der Waals surface area contributed by atoms with E-state index in [0.29, 0.717) is 0 Å². The molecule has 0 saturated heterocycles. The third-order valence-corrected chi connectivity index (χ3v) is 2.28. The molecule has 1 aromatic heterocycles. The van der Waals surface area contributed by atoms with E-state index in [1.165, 1.54) is 6.42 Å². The summed E-state index contributed by atoms with van der Waals surface area (Å²) in [5.41, 5.74) is 0. The van der Waals surface area contributed by atoms with E-state index in [4.69, 9.17) is 0 Å². The highest BCUT2D eigenvalue weighted by atomic mass is 15.3. The minimum atomic E-state index is 0.730. The Morgan fingerprint density at radius 3 is 2.92 bits per heavy atom.